The van der Waals surface area contributed by atoms with Crippen LogP contribution in [-0.4, -0.2) is 57.2 Å². The summed E-state index contributed by atoms with van der Waals surface area (Å²) in [5.74, 6) is 0.490. The standard InChI is InChI=1S/C22H24N6O3S2/c1-2-12-28-21(17-8-10-23-11-9-17)25-26-22(28)32-16-20(29)24-18-6-5-7-19(15-18)33(30,31)27-13-3-4-14-27/h2,5-11,15H,1,3-4,12-14,16H2,(H,24,29). The van der Waals surface area contributed by atoms with Crippen molar-refractivity contribution in [2.45, 2.75) is 29.4 Å². The highest BCUT2D eigenvalue weighted by Gasteiger charge is 2.27. The van der Waals surface area contributed by atoms with Crippen LogP contribution in [0.1, 0.15) is 12.8 Å². The lowest BCUT2D eigenvalue weighted by molar-refractivity contribution is -0.113. The Morgan fingerprint density at radius 3 is 2.64 bits per heavy atom. The number of hydrogen-bond acceptors (Lipinski definition) is 7. The van der Waals surface area contributed by atoms with Gasteiger partial charge in [-0.2, -0.15) is 4.31 Å². The zero-order valence-corrected chi connectivity index (χ0v) is 19.6. The first-order chi connectivity index (χ1) is 16.0. The Labute approximate surface area is 197 Å². The van der Waals surface area contributed by atoms with Crippen molar-refractivity contribution in [3.05, 3.63) is 61.4 Å². The van der Waals surface area contributed by atoms with E-state index in [1.807, 2.05) is 16.7 Å². The molecule has 4 rings (SSSR count). The predicted octanol–water partition coefficient (Wildman–Crippen LogP) is 3.04. The van der Waals surface area contributed by atoms with Crippen LogP contribution in [0.15, 0.2) is 71.5 Å². The maximum atomic E-state index is 12.8. The fourth-order valence-electron chi connectivity index (χ4n) is 3.54. The molecular weight excluding hydrogens is 460 g/mol. The molecule has 0 spiro atoms. The highest BCUT2D eigenvalue weighted by atomic mass is 32.2. The van der Waals surface area contributed by atoms with Gasteiger partial charge in [0, 0.05) is 43.3 Å². The van der Waals surface area contributed by atoms with E-state index >= 15 is 0 Å². The molecule has 1 amide bonds. The Hall–Kier alpha value is -3.02. The molecule has 11 heteroatoms. The van der Waals surface area contributed by atoms with Gasteiger partial charge < -0.3 is 5.32 Å². The summed E-state index contributed by atoms with van der Waals surface area (Å²) < 4.78 is 28.9. The molecule has 1 aliphatic heterocycles. The van der Waals surface area contributed by atoms with Crippen molar-refractivity contribution in [1.82, 2.24) is 24.1 Å². The van der Waals surface area contributed by atoms with Crippen LogP contribution in [0.5, 0.6) is 0 Å². The quantitative estimate of drug-likeness (QED) is 0.367. The molecule has 0 saturated carbocycles. The van der Waals surface area contributed by atoms with Gasteiger partial charge in [-0.25, -0.2) is 8.42 Å². The molecule has 9 nitrogen and oxygen atoms in total. The van der Waals surface area contributed by atoms with Crippen molar-refractivity contribution in [3.63, 3.8) is 0 Å². The summed E-state index contributed by atoms with van der Waals surface area (Å²) in [6, 6.07) is 10.0. The summed E-state index contributed by atoms with van der Waals surface area (Å²) in [6.45, 7) is 5.34. The highest BCUT2D eigenvalue weighted by molar-refractivity contribution is 7.99. The SMILES string of the molecule is C=CCn1c(SCC(=O)Nc2cccc(S(=O)(=O)N3CCCC3)c2)nnc1-c1ccncc1. The molecule has 0 aliphatic carbocycles. The number of carbonyl (C=O) groups excluding carboxylic acids is 1. The first-order valence-electron chi connectivity index (χ1n) is 10.5. The van der Waals surface area contributed by atoms with Crippen LogP contribution in [0, 0.1) is 0 Å². The lowest BCUT2D eigenvalue weighted by Gasteiger charge is -2.16. The van der Waals surface area contributed by atoms with Crippen molar-refractivity contribution in [3.8, 4) is 11.4 Å². The number of sulfonamides is 1. The van der Waals surface area contributed by atoms with Crippen molar-refractivity contribution >= 4 is 33.4 Å². The number of carbonyl (C=O) groups is 1. The number of hydrogen-bond donors (Lipinski definition) is 1. The van der Waals surface area contributed by atoms with Crippen molar-refractivity contribution in [1.29, 1.82) is 0 Å². The maximum Gasteiger partial charge on any atom is 0.243 e. The molecule has 1 aliphatic rings. The number of nitrogens with zero attached hydrogens (tertiary/aromatic N) is 5. The van der Waals surface area contributed by atoms with E-state index in [-0.39, 0.29) is 16.6 Å². The number of nitrogens with one attached hydrogen (secondary N) is 1. The van der Waals surface area contributed by atoms with E-state index in [0.717, 1.165) is 18.4 Å². The van der Waals surface area contributed by atoms with Crippen LogP contribution in [0.3, 0.4) is 0 Å². The third-order valence-corrected chi connectivity index (χ3v) is 7.98. The Morgan fingerprint density at radius 2 is 1.91 bits per heavy atom. The van der Waals surface area contributed by atoms with E-state index in [4.69, 9.17) is 0 Å². The van der Waals surface area contributed by atoms with Gasteiger partial charge >= 0.3 is 0 Å². The largest absolute Gasteiger partial charge is 0.325 e. The molecule has 172 valence electrons. The minimum Gasteiger partial charge on any atom is -0.325 e. The second-order valence-corrected chi connectivity index (χ2v) is 10.3. The smallest absolute Gasteiger partial charge is 0.243 e. The molecule has 1 fully saturated rings. The lowest BCUT2D eigenvalue weighted by atomic mass is 10.2. The van der Waals surface area contributed by atoms with Gasteiger partial charge in [-0.1, -0.05) is 23.9 Å². The molecule has 0 bridgehead atoms. The summed E-state index contributed by atoms with van der Waals surface area (Å²) in [5.41, 5.74) is 1.30. The number of thioether (sulfide) groups is 1. The fraction of sp³-hybridized carbons (Fsp3) is 0.273. The predicted molar refractivity (Wildman–Crippen MR) is 127 cm³/mol. The lowest BCUT2D eigenvalue weighted by Crippen LogP contribution is -2.28. The van der Waals surface area contributed by atoms with Gasteiger partial charge in [0.1, 0.15) is 0 Å². The molecule has 2 aromatic heterocycles. The molecular formula is C22H24N6O3S2. The number of allylic oxidation sites excluding steroid dienone is 1. The van der Waals surface area contributed by atoms with Crippen LogP contribution in [0.4, 0.5) is 5.69 Å². The molecule has 0 atom stereocenters. The molecule has 33 heavy (non-hydrogen) atoms. The van der Waals surface area contributed by atoms with Gasteiger partial charge in [0.05, 0.1) is 10.6 Å². The van der Waals surface area contributed by atoms with Crippen LogP contribution in [0.25, 0.3) is 11.4 Å². The fourth-order valence-corrected chi connectivity index (χ4v) is 5.85. The molecule has 3 aromatic rings. The van der Waals surface area contributed by atoms with E-state index in [9.17, 15) is 13.2 Å². The summed E-state index contributed by atoms with van der Waals surface area (Å²) in [6.07, 6.45) is 6.84. The Balaban J connectivity index is 1.43. The minimum atomic E-state index is -3.55. The van der Waals surface area contributed by atoms with Gasteiger partial charge in [-0.05, 0) is 43.2 Å². The van der Waals surface area contributed by atoms with Crippen LogP contribution in [-0.2, 0) is 21.4 Å². The average Bonchev–Trinajstić information content (AvgIpc) is 3.50. The summed E-state index contributed by atoms with van der Waals surface area (Å²) in [5, 5.41) is 11.8. The van der Waals surface area contributed by atoms with E-state index in [1.165, 1.54) is 22.1 Å². The van der Waals surface area contributed by atoms with Crippen LogP contribution < -0.4 is 5.32 Å². The van der Waals surface area contributed by atoms with Crippen molar-refractivity contribution in [2.75, 3.05) is 24.2 Å². The van der Waals surface area contributed by atoms with E-state index in [1.54, 1.807) is 36.7 Å². The van der Waals surface area contributed by atoms with Gasteiger partial charge in [0.2, 0.25) is 15.9 Å². The van der Waals surface area contributed by atoms with E-state index in [2.05, 4.69) is 27.1 Å². The second kappa shape index (κ2) is 10.3. The van der Waals surface area contributed by atoms with E-state index < -0.39 is 10.0 Å². The third kappa shape index (κ3) is 5.32. The first-order valence-corrected chi connectivity index (χ1v) is 12.9. The van der Waals surface area contributed by atoms with Crippen molar-refractivity contribution in [2.24, 2.45) is 0 Å². The highest BCUT2D eigenvalue weighted by Crippen LogP contribution is 2.25. The normalized spacial score (nSPS) is 14.3. The summed E-state index contributed by atoms with van der Waals surface area (Å²) >= 11 is 1.25. The second-order valence-electron chi connectivity index (χ2n) is 7.42. The number of amides is 1. The molecule has 1 saturated heterocycles. The zero-order chi connectivity index (χ0) is 23.3. The topological polar surface area (TPSA) is 110 Å². The molecule has 3 heterocycles. The molecule has 1 aromatic carbocycles. The molecule has 0 radical (unpaired) electrons. The monoisotopic (exact) mass is 484 g/mol. The molecule has 1 N–H and O–H groups in total. The zero-order valence-electron chi connectivity index (χ0n) is 17.9. The maximum absolute atomic E-state index is 12.8. The van der Waals surface area contributed by atoms with Crippen molar-refractivity contribution < 1.29 is 13.2 Å². The number of anilines is 1. The number of aromatic nitrogens is 4. The first kappa shape index (κ1) is 23.1. The number of pyridine rings is 1. The van der Waals surface area contributed by atoms with Crippen LogP contribution >= 0.6 is 11.8 Å². The van der Waals surface area contributed by atoms with Gasteiger partial charge in [0.25, 0.3) is 0 Å². The molecule has 0 unspecified atom stereocenters. The summed E-state index contributed by atoms with van der Waals surface area (Å²) in [7, 11) is -3.55. The summed E-state index contributed by atoms with van der Waals surface area (Å²) in [4.78, 5) is 16.8. The Kier molecular flexibility index (Phi) is 7.21. The Bertz CT molecular complexity index is 1240. The minimum absolute atomic E-state index is 0.0920. The number of rotatable bonds is 9. The Morgan fingerprint density at radius 1 is 1.15 bits per heavy atom. The van der Waals surface area contributed by atoms with Gasteiger partial charge in [-0.15, -0.1) is 16.8 Å². The van der Waals surface area contributed by atoms with Gasteiger partial charge in [0.15, 0.2) is 11.0 Å². The van der Waals surface area contributed by atoms with Crippen LogP contribution in [0.2, 0.25) is 0 Å². The average molecular weight is 485 g/mol. The van der Waals surface area contributed by atoms with E-state index in [0.29, 0.717) is 36.3 Å². The number of benzene rings is 1. The van der Waals surface area contributed by atoms with Gasteiger partial charge in [-0.3, -0.25) is 14.3 Å². The third-order valence-electron chi connectivity index (χ3n) is 5.12.